The highest BCUT2D eigenvalue weighted by Crippen LogP contribution is 2.37. The molecule has 0 atom stereocenters. The van der Waals surface area contributed by atoms with E-state index in [0.29, 0.717) is 0 Å². The lowest BCUT2D eigenvalue weighted by Gasteiger charge is -2.15. The Morgan fingerprint density at radius 1 is 0.591 bits per heavy atom. The van der Waals surface area contributed by atoms with Gasteiger partial charge in [0.15, 0.2) is 0 Å². The molecule has 2 radical (unpaired) electrons. The van der Waals surface area contributed by atoms with Crippen LogP contribution in [0.5, 0.6) is 0 Å². The fourth-order valence-corrected chi connectivity index (χ4v) is 3.61. The quantitative estimate of drug-likeness (QED) is 0.416. The van der Waals surface area contributed by atoms with E-state index < -0.39 is 0 Å². The van der Waals surface area contributed by atoms with Crippen LogP contribution in [-0.4, -0.2) is 7.85 Å². The van der Waals surface area contributed by atoms with Crippen LogP contribution in [0.1, 0.15) is 0 Å². The molecule has 0 N–H and O–H groups in total. The molecule has 0 spiro atoms. The summed E-state index contributed by atoms with van der Waals surface area (Å²) in [5, 5.41) is 4.80. The lowest BCUT2D eigenvalue weighted by atomic mass is 9.82. The average molecular weight is 343 g/mol. The van der Waals surface area contributed by atoms with E-state index in [2.05, 4.69) is 82.7 Å². The number of rotatable bonds is 1. The first kappa shape index (κ1) is 13.6. The summed E-state index contributed by atoms with van der Waals surface area (Å²) in [6.45, 7) is 0. The van der Waals surface area contributed by atoms with Crippen LogP contribution in [0.25, 0.3) is 32.7 Å². The third kappa shape index (κ3) is 2.07. The normalized spacial score (nSPS) is 11.1. The average Bonchev–Trinajstić information content (AvgIpc) is 2.56. The van der Waals surface area contributed by atoms with Gasteiger partial charge in [0, 0.05) is 10.0 Å². The van der Waals surface area contributed by atoms with Crippen LogP contribution in [-0.2, 0) is 0 Å². The highest BCUT2D eigenvalue weighted by Gasteiger charge is 2.13. The summed E-state index contributed by atoms with van der Waals surface area (Å²) in [6, 6.07) is 25.1. The third-order valence-corrected chi connectivity index (χ3v) is 4.75. The minimum Gasteiger partial charge on any atom is -0.0883 e. The van der Waals surface area contributed by atoms with Gasteiger partial charge in [-0.3, -0.25) is 0 Å². The number of hydrogen-bond donors (Lipinski definition) is 0. The van der Waals surface area contributed by atoms with Crippen LogP contribution >= 0.6 is 15.9 Å². The van der Waals surface area contributed by atoms with Crippen LogP contribution in [0.15, 0.2) is 77.3 Å². The summed E-state index contributed by atoms with van der Waals surface area (Å²) in [4.78, 5) is 0. The van der Waals surface area contributed by atoms with Crippen molar-refractivity contribution >= 4 is 50.8 Å². The molecule has 0 saturated carbocycles. The number of benzene rings is 4. The van der Waals surface area contributed by atoms with Gasteiger partial charge in [0.05, 0.1) is 0 Å². The van der Waals surface area contributed by atoms with Crippen LogP contribution in [0.4, 0.5) is 0 Å². The highest BCUT2D eigenvalue weighted by molar-refractivity contribution is 9.10. The van der Waals surface area contributed by atoms with E-state index in [4.69, 9.17) is 7.85 Å². The second kappa shape index (κ2) is 5.29. The predicted molar refractivity (Wildman–Crippen MR) is 100.0 cm³/mol. The van der Waals surface area contributed by atoms with Gasteiger partial charge in [-0.05, 0) is 33.2 Å². The van der Waals surface area contributed by atoms with E-state index in [1.807, 2.05) is 6.07 Å². The van der Waals surface area contributed by atoms with Gasteiger partial charge in [-0.2, -0.15) is 0 Å². The first-order valence-corrected chi connectivity index (χ1v) is 8.00. The maximum absolute atomic E-state index is 6.36. The molecule has 102 valence electrons. The summed E-state index contributed by atoms with van der Waals surface area (Å²) < 4.78 is 1.06. The van der Waals surface area contributed by atoms with E-state index in [-0.39, 0.29) is 0 Å². The third-order valence-electron chi connectivity index (χ3n) is 4.09. The zero-order valence-corrected chi connectivity index (χ0v) is 13.5. The molecular formula is C20H12BBr. The lowest BCUT2D eigenvalue weighted by molar-refractivity contribution is 1.67. The largest absolute Gasteiger partial charge is 0.114 e. The van der Waals surface area contributed by atoms with Crippen LogP contribution in [0, 0.1) is 0 Å². The Hall–Kier alpha value is -2.06. The van der Waals surface area contributed by atoms with Crippen LogP contribution in [0.2, 0.25) is 0 Å². The Morgan fingerprint density at radius 3 is 1.82 bits per heavy atom. The monoisotopic (exact) mass is 342 g/mol. The van der Waals surface area contributed by atoms with Crippen molar-refractivity contribution in [1.82, 2.24) is 0 Å². The maximum Gasteiger partial charge on any atom is 0.114 e. The van der Waals surface area contributed by atoms with Crippen molar-refractivity contribution in [1.29, 1.82) is 0 Å². The number of fused-ring (bicyclic) bond motifs is 2. The summed E-state index contributed by atoms with van der Waals surface area (Å²) >= 11 is 3.72. The van der Waals surface area contributed by atoms with Gasteiger partial charge in [0.25, 0.3) is 0 Å². The molecule has 4 rings (SSSR count). The zero-order chi connectivity index (χ0) is 15.1. The fraction of sp³-hybridized carbons (Fsp3) is 0. The second-order valence-corrected chi connectivity index (χ2v) is 6.25. The standard InChI is InChI=1S/C20H12BBr/c21-17-11-9-13-5-1-3-7-15(13)19(17)20-16-8-4-2-6-14(16)10-12-18(20)22/h1-12H. The molecule has 0 bridgehead atoms. The Balaban J connectivity index is 2.21. The molecule has 22 heavy (non-hydrogen) atoms. The Bertz CT molecular complexity index is 922. The molecule has 4 aromatic carbocycles. The molecule has 0 heterocycles. The van der Waals surface area contributed by atoms with Gasteiger partial charge in [0.1, 0.15) is 7.85 Å². The van der Waals surface area contributed by atoms with Crippen LogP contribution in [0.3, 0.4) is 0 Å². The first-order chi connectivity index (χ1) is 10.8. The van der Waals surface area contributed by atoms with E-state index in [1.165, 1.54) is 21.5 Å². The van der Waals surface area contributed by atoms with Crippen molar-refractivity contribution < 1.29 is 0 Å². The molecule has 0 amide bonds. The van der Waals surface area contributed by atoms with Crippen molar-refractivity contribution in [2.75, 3.05) is 0 Å². The highest BCUT2D eigenvalue weighted by atomic mass is 79.9. The maximum atomic E-state index is 6.36. The summed E-state index contributed by atoms with van der Waals surface area (Å²) in [6.07, 6.45) is 0. The molecule has 0 aromatic heterocycles. The van der Waals surface area contributed by atoms with Crippen molar-refractivity contribution in [3.05, 3.63) is 77.3 Å². The van der Waals surface area contributed by atoms with Crippen molar-refractivity contribution in [2.24, 2.45) is 0 Å². The Kier molecular flexibility index (Phi) is 3.27. The van der Waals surface area contributed by atoms with Crippen molar-refractivity contribution in [2.45, 2.75) is 0 Å². The molecule has 4 aromatic rings. The van der Waals surface area contributed by atoms with Crippen LogP contribution < -0.4 is 5.46 Å². The van der Waals surface area contributed by atoms with E-state index in [1.54, 1.807) is 0 Å². The van der Waals surface area contributed by atoms with E-state index in [9.17, 15) is 0 Å². The van der Waals surface area contributed by atoms with Gasteiger partial charge in [0.2, 0.25) is 0 Å². The molecular weight excluding hydrogens is 331 g/mol. The SMILES string of the molecule is [B]c1ccc2ccccc2c1-c1c(Br)ccc2ccccc12. The first-order valence-electron chi connectivity index (χ1n) is 7.20. The van der Waals surface area contributed by atoms with Gasteiger partial charge >= 0.3 is 0 Å². The van der Waals surface area contributed by atoms with Gasteiger partial charge in [-0.15, -0.1) is 0 Å². The van der Waals surface area contributed by atoms with E-state index >= 15 is 0 Å². The molecule has 0 aliphatic heterocycles. The number of hydrogen-bond acceptors (Lipinski definition) is 0. The molecule has 2 heteroatoms. The van der Waals surface area contributed by atoms with Gasteiger partial charge < -0.3 is 0 Å². The predicted octanol–water partition coefficient (Wildman–Crippen LogP) is 5.22. The van der Waals surface area contributed by atoms with Gasteiger partial charge in [-0.1, -0.05) is 88.1 Å². The minimum atomic E-state index is 0.802. The molecule has 0 aliphatic rings. The van der Waals surface area contributed by atoms with Crippen molar-refractivity contribution in [3.63, 3.8) is 0 Å². The minimum absolute atomic E-state index is 0.802. The Morgan fingerprint density at radius 2 is 1.14 bits per heavy atom. The molecule has 0 aliphatic carbocycles. The molecule has 0 nitrogen and oxygen atoms in total. The zero-order valence-electron chi connectivity index (χ0n) is 11.9. The second-order valence-electron chi connectivity index (χ2n) is 5.39. The topological polar surface area (TPSA) is 0 Å². The molecule has 0 unspecified atom stereocenters. The Labute approximate surface area is 139 Å². The van der Waals surface area contributed by atoms with Gasteiger partial charge in [-0.25, -0.2) is 0 Å². The smallest absolute Gasteiger partial charge is 0.0883 e. The summed E-state index contributed by atoms with van der Waals surface area (Å²) in [7, 11) is 6.36. The number of halogens is 1. The fourth-order valence-electron chi connectivity index (χ4n) is 3.07. The van der Waals surface area contributed by atoms with Crippen molar-refractivity contribution in [3.8, 4) is 11.1 Å². The van der Waals surface area contributed by atoms with E-state index in [0.717, 1.165) is 21.1 Å². The molecule has 0 fully saturated rings. The summed E-state index contributed by atoms with van der Waals surface area (Å²) in [5.74, 6) is 0. The summed E-state index contributed by atoms with van der Waals surface area (Å²) in [5.41, 5.74) is 3.06. The lowest BCUT2D eigenvalue weighted by Crippen LogP contribution is -2.07. The molecule has 0 saturated heterocycles.